The lowest BCUT2D eigenvalue weighted by Gasteiger charge is -1.95. The second-order valence-electron chi connectivity index (χ2n) is 1.88. The molecule has 3 nitrogen and oxygen atoms in total. The summed E-state index contributed by atoms with van der Waals surface area (Å²) in [5, 5.41) is 16.4. The summed E-state index contributed by atoms with van der Waals surface area (Å²) in [5.41, 5.74) is 0.106. The second-order valence-corrected chi connectivity index (χ2v) is 1.88. The van der Waals surface area contributed by atoms with Crippen molar-refractivity contribution in [1.29, 1.82) is 5.26 Å². The molecule has 0 spiro atoms. The number of nitriles is 1. The summed E-state index contributed by atoms with van der Waals surface area (Å²) in [6.45, 7) is 0. The minimum absolute atomic E-state index is 0.0819. The maximum Gasteiger partial charge on any atom is 0.169 e. The van der Waals surface area contributed by atoms with E-state index in [2.05, 4.69) is 4.89 Å². The molecule has 0 unspecified atom stereocenters. The van der Waals surface area contributed by atoms with Gasteiger partial charge in [-0.3, -0.25) is 0 Å². The Balaban J connectivity index is 3.15. The van der Waals surface area contributed by atoms with Gasteiger partial charge in [-0.25, -0.2) is 9.65 Å². The number of hydrogen-bond acceptors (Lipinski definition) is 3. The van der Waals surface area contributed by atoms with Crippen molar-refractivity contribution >= 4 is 0 Å². The first-order chi connectivity index (χ1) is 5.26. The molecular formula is C7H4FNO2. The maximum absolute atomic E-state index is 12.5. The standard InChI is InChI=1S/C7H4FNO2/c8-6-1-5(4-9)2-7(3-6)11-10/h1-3,10H. The van der Waals surface area contributed by atoms with E-state index in [0.717, 1.165) is 12.1 Å². The average molecular weight is 153 g/mol. The summed E-state index contributed by atoms with van der Waals surface area (Å²) in [4.78, 5) is 3.75. The molecule has 0 atom stereocenters. The molecule has 0 aromatic heterocycles. The van der Waals surface area contributed by atoms with Crippen molar-refractivity contribution in [3.05, 3.63) is 29.6 Å². The molecule has 0 saturated carbocycles. The Bertz CT molecular complexity index is 306. The van der Waals surface area contributed by atoms with Crippen LogP contribution in [0.3, 0.4) is 0 Å². The third-order valence-corrected chi connectivity index (χ3v) is 1.11. The zero-order chi connectivity index (χ0) is 8.27. The predicted octanol–water partition coefficient (Wildman–Crippen LogP) is 1.55. The number of rotatable bonds is 1. The lowest BCUT2D eigenvalue weighted by atomic mass is 10.2. The average Bonchev–Trinajstić information content (AvgIpc) is 2.03. The smallest absolute Gasteiger partial charge is 0.169 e. The summed E-state index contributed by atoms with van der Waals surface area (Å²) < 4.78 is 12.5. The first-order valence-corrected chi connectivity index (χ1v) is 2.78. The molecule has 0 saturated heterocycles. The molecule has 1 rings (SSSR count). The summed E-state index contributed by atoms with van der Waals surface area (Å²) in [6.07, 6.45) is 0. The molecule has 11 heavy (non-hydrogen) atoms. The Hall–Kier alpha value is -1.60. The number of benzene rings is 1. The van der Waals surface area contributed by atoms with Crippen LogP contribution >= 0.6 is 0 Å². The van der Waals surface area contributed by atoms with Gasteiger partial charge in [0.15, 0.2) is 5.75 Å². The normalized spacial score (nSPS) is 8.82. The van der Waals surface area contributed by atoms with Crippen molar-refractivity contribution < 1.29 is 14.5 Å². The number of nitrogens with zero attached hydrogens (tertiary/aromatic N) is 1. The van der Waals surface area contributed by atoms with E-state index in [9.17, 15) is 4.39 Å². The van der Waals surface area contributed by atoms with Crippen molar-refractivity contribution in [2.75, 3.05) is 0 Å². The van der Waals surface area contributed by atoms with Crippen molar-refractivity contribution in [2.45, 2.75) is 0 Å². The molecule has 0 radical (unpaired) electrons. The van der Waals surface area contributed by atoms with Crippen molar-refractivity contribution in [3.8, 4) is 11.8 Å². The van der Waals surface area contributed by atoms with Crippen LogP contribution in [0.15, 0.2) is 18.2 Å². The summed E-state index contributed by atoms with van der Waals surface area (Å²) in [5.74, 6) is -0.699. The highest BCUT2D eigenvalue weighted by Crippen LogP contribution is 2.14. The Morgan fingerprint density at radius 2 is 2.18 bits per heavy atom. The van der Waals surface area contributed by atoms with E-state index in [1.807, 2.05) is 0 Å². The first-order valence-electron chi connectivity index (χ1n) is 2.78. The molecule has 4 heteroatoms. The van der Waals surface area contributed by atoms with Crippen LogP contribution in [-0.4, -0.2) is 5.26 Å². The molecule has 0 aliphatic rings. The van der Waals surface area contributed by atoms with Crippen LogP contribution in [0, 0.1) is 17.1 Å². The fourth-order valence-corrected chi connectivity index (χ4v) is 0.680. The van der Waals surface area contributed by atoms with Gasteiger partial charge in [-0.1, -0.05) is 0 Å². The zero-order valence-corrected chi connectivity index (χ0v) is 5.41. The largest absolute Gasteiger partial charge is 0.340 e. The van der Waals surface area contributed by atoms with Gasteiger partial charge < -0.3 is 4.89 Å². The summed E-state index contributed by atoms with van der Waals surface area (Å²) in [7, 11) is 0. The van der Waals surface area contributed by atoms with E-state index < -0.39 is 5.82 Å². The van der Waals surface area contributed by atoms with Gasteiger partial charge in [0.05, 0.1) is 11.6 Å². The van der Waals surface area contributed by atoms with Gasteiger partial charge in [0.2, 0.25) is 0 Å². The number of hydrogen-bond donors (Lipinski definition) is 1. The molecule has 0 heterocycles. The van der Waals surface area contributed by atoms with Gasteiger partial charge in [0.25, 0.3) is 0 Å². The summed E-state index contributed by atoms with van der Waals surface area (Å²) >= 11 is 0. The van der Waals surface area contributed by atoms with Gasteiger partial charge in [-0.2, -0.15) is 5.26 Å². The predicted molar refractivity (Wildman–Crippen MR) is 34.4 cm³/mol. The van der Waals surface area contributed by atoms with Crippen LogP contribution in [0.25, 0.3) is 0 Å². The van der Waals surface area contributed by atoms with Crippen LogP contribution in [0.1, 0.15) is 5.56 Å². The van der Waals surface area contributed by atoms with Crippen molar-refractivity contribution in [2.24, 2.45) is 0 Å². The molecule has 1 aromatic rings. The third kappa shape index (κ3) is 1.66. The molecule has 0 amide bonds. The molecule has 1 N–H and O–H groups in total. The minimum Gasteiger partial charge on any atom is -0.340 e. The summed E-state index contributed by atoms with van der Waals surface area (Å²) in [6, 6.07) is 4.95. The van der Waals surface area contributed by atoms with Gasteiger partial charge in [0.1, 0.15) is 5.82 Å². The van der Waals surface area contributed by atoms with Crippen molar-refractivity contribution in [3.63, 3.8) is 0 Å². The molecular weight excluding hydrogens is 149 g/mol. The number of halogens is 1. The monoisotopic (exact) mass is 153 g/mol. The molecule has 56 valence electrons. The Kier molecular flexibility index (Phi) is 2.04. The quantitative estimate of drug-likeness (QED) is 0.491. The second kappa shape index (κ2) is 2.99. The molecule has 1 aromatic carbocycles. The van der Waals surface area contributed by atoms with E-state index >= 15 is 0 Å². The topological polar surface area (TPSA) is 53.2 Å². The molecule has 0 fully saturated rings. The maximum atomic E-state index is 12.5. The zero-order valence-electron chi connectivity index (χ0n) is 5.41. The van der Waals surface area contributed by atoms with E-state index in [1.165, 1.54) is 6.07 Å². The van der Waals surface area contributed by atoms with Crippen LogP contribution in [0.5, 0.6) is 5.75 Å². The lowest BCUT2D eigenvalue weighted by molar-refractivity contribution is -0.137. The van der Waals surface area contributed by atoms with Crippen LogP contribution in [-0.2, 0) is 0 Å². The van der Waals surface area contributed by atoms with Gasteiger partial charge >= 0.3 is 0 Å². The first kappa shape index (κ1) is 7.51. The highest BCUT2D eigenvalue weighted by molar-refractivity contribution is 5.36. The lowest BCUT2D eigenvalue weighted by Crippen LogP contribution is -1.86. The van der Waals surface area contributed by atoms with E-state index in [1.54, 1.807) is 6.07 Å². The van der Waals surface area contributed by atoms with Crippen molar-refractivity contribution in [1.82, 2.24) is 0 Å². The SMILES string of the molecule is N#Cc1cc(F)cc(OO)c1. The van der Waals surface area contributed by atoms with E-state index in [4.69, 9.17) is 10.5 Å². The van der Waals surface area contributed by atoms with Gasteiger partial charge in [-0.05, 0) is 6.07 Å². The Labute approximate surface area is 62.2 Å². The van der Waals surface area contributed by atoms with Crippen LogP contribution in [0.2, 0.25) is 0 Å². The minimum atomic E-state index is -0.617. The fraction of sp³-hybridized carbons (Fsp3) is 0. The fourth-order valence-electron chi connectivity index (χ4n) is 0.680. The Morgan fingerprint density at radius 3 is 2.73 bits per heavy atom. The molecule has 0 aliphatic carbocycles. The van der Waals surface area contributed by atoms with Crippen LogP contribution in [0.4, 0.5) is 4.39 Å². The van der Waals surface area contributed by atoms with Gasteiger partial charge in [0, 0.05) is 12.1 Å². The highest BCUT2D eigenvalue weighted by atomic mass is 19.1. The van der Waals surface area contributed by atoms with E-state index in [-0.39, 0.29) is 11.3 Å². The highest BCUT2D eigenvalue weighted by Gasteiger charge is 1.99. The van der Waals surface area contributed by atoms with Crippen LogP contribution < -0.4 is 4.89 Å². The van der Waals surface area contributed by atoms with E-state index in [0.29, 0.717) is 0 Å². The Morgan fingerprint density at radius 1 is 1.45 bits per heavy atom. The van der Waals surface area contributed by atoms with Gasteiger partial charge in [-0.15, -0.1) is 0 Å². The molecule has 0 aliphatic heterocycles. The third-order valence-electron chi connectivity index (χ3n) is 1.11. The molecule has 0 bridgehead atoms.